The van der Waals surface area contributed by atoms with Crippen molar-refractivity contribution < 1.29 is 22.9 Å². The molecule has 0 aliphatic rings. The molecule has 5 nitrogen and oxygen atoms in total. The molecule has 0 bridgehead atoms. The van der Waals surface area contributed by atoms with Gasteiger partial charge in [0, 0.05) is 0 Å². The summed E-state index contributed by atoms with van der Waals surface area (Å²) in [6.45, 7) is 3.06. The second-order valence-corrected chi connectivity index (χ2v) is 7.01. The molecule has 3 rings (SSSR count). The lowest BCUT2D eigenvalue weighted by Crippen LogP contribution is -2.07. The van der Waals surface area contributed by atoms with Crippen molar-refractivity contribution in [3.8, 4) is 17.2 Å². The number of phosphoric ester groups is 1. The van der Waals surface area contributed by atoms with Crippen molar-refractivity contribution in [3.05, 3.63) is 91.0 Å². The molecule has 0 saturated heterocycles. The first kappa shape index (κ1) is 20.3. The van der Waals surface area contributed by atoms with Crippen LogP contribution in [0.3, 0.4) is 0 Å². The fourth-order valence-corrected chi connectivity index (χ4v) is 3.14. The topological polar surface area (TPSA) is 61.8 Å². The zero-order valence-corrected chi connectivity index (χ0v) is 16.0. The highest BCUT2D eigenvalue weighted by Gasteiger charge is 2.33. The van der Waals surface area contributed by atoms with Crippen molar-refractivity contribution in [2.75, 3.05) is 0 Å². The molecular weight excluding hydrogens is 363 g/mol. The monoisotopic (exact) mass is 384 g/mol. The van der Waals surface area contributed by atoms with Crippen LogP contribution in [0.5, 0.6) is 17.2 Å². The summed E-state index contributed by atoms with van der Waals surface area (Å²) in [6, 6.07) is 26.4. The number of rotatable bonds is 6. The number of hydrogen-bond donors (Lipinski definition) is 0. The third-order valence-electron chi connectivity index (χ3n) is 2.88. The van der Waals surface area contributed by atoms with Gasteiger partial charge in [0.2, 0.25) is 0 Å². The van der Waals surface area contributed by atoms with E-state index in [1.807, 2.05) is 18.2 Å². The van der Waals surface area contributed by atoms with Crippen LogP contribution in [0.4, 0.5) is 0 Å². The zero-order chi connectivity index (χ0) is 19.5. The average molecular weight is 384 g/mol. The van der Waals surface area contributed by atoms with E-state index >= 15 is 0 Å². The van der Waals surface area contributed by atoms with Gasteiger partial charge >= 0.3 is 7.82 Å². The number of benzene rings is 3. The summed E-state index contributed by atoms with van der Waals surface area (Å²) in [6.07, 6.45) is 0. The molecule has 140 valence electrons. The predicted molar refractivity (Wildman–Crippen MR) is 105 cm³/mol. The first-order valence-corrected chi connectivity index (χ1v) is 9.74. The molecule has 0 unspecified atom stereocenters. The van der Waals surface area contributed by atoms with Crippen LogP contribution in [0.25, 0.3) is 0 Å². The second-order valence-electron chi connectivity index (χ2n) is 5.57. The standard InChI is InChI=1S/C18H15O4P.C3H6O/c19-23(20-16-10-4-1-5-11-16,21-17-12-6-2-7-13-17)22-18-14-8-3-9-15-18;1-3(2)4/h1-15H;1-2H3. The number of para-hydroxylation sites is 3. The van der Waals surface area contributed by atoms with Gasteiger partial charge in [-0.3, -0.25) is 0 Å². The van der Waals surface area contributed by atoms with Gasteiger partial charge in [0.05, 0.1) is 0 Å². The van der Waals surface area contributed by atoms with Gasteiger partial charge in [0.25, 0.3) is 0 Å². The lowest BCUT2D eigenvalue weighted by Gasteiger charge is -2.19. The van der Waals surface area contributed by atoms with E-state index in [9.17, 15) is 9.36 Å². The molecule has 0 spiro atoms. The molecule has 6 heteroatoms. The third-order valence-corrected chi connectivity index (χ3v) is 4.18. The van der Waals surface area contributed by atoms with Crippen LogP contribution in [-0.2, 0) is 9.36 Å². The van der Waals surface area contributed by atoms with Gasteiger partial charge < -0.3 is 18.4 Å². The van der Waals surface area contributed by atoms with Crippen molar-refractivity contribution in [2.45, 2.75) is 13.8 Å². The summed E-state index contributed by atoms with van der Waals surface area (Å²) in [4.78, 5) is 9.44. The Morgan fingerprint density at radius 1 is 0.593 bits per heavy atom. The maximum Gasteiger partial charge on any atom is 0.647 e. The Hall–Kier alpha value is -3.04. The van der Waals surface area contributed by atoms with Gasteiger partial charge in [-0.05, 0) is 50.2 Å². The van der Waals surface area contributed by atoms with Gasteiger partial charge in [-0.1, -0.05) is 54.6 Å². The molecule has 0 aliphatic heterocycles. The normalized spacial score (nSPS) is 10.1. The number of ketones is 1. The Morgan fingerprint density at radius 2 is 0.815 bits per heavy atom. The van der Waals surface area contributed by atoms with Crippen molar-refractivity contribution >= 4 is 13.6 Å². The summed E-state index contributed by atoms with van der Waals surface area (Å²) in [5, 5.41) is 0. The minimum Gasteiger partial charge on any atom is -0.386 e. The molecule has 0 aliphatic carbocycles. The number of phosphoric acid groups is 1. The van der Waals surface area contributed by atoms with Crippen molar-refractivity contribution in [1.29, 1.82) is 0 Å². The molecule has 3 aromatic rings. The van der Waals surface area contributed by atoms with E-state index in [4.69, 9.17) is 13.6 Å². The van der Waals surface area contributed by atoms with Crippen molar-refractivity contribution in [3.63, 3.8) is 0 Å². The highest BCUT2D eigenvalue weighted by molar-refractivity contribution is 7.49. The Morgan fingerprint density at radius 3 is 1.04 bits per heavy atom. The Balaban J connectivity index is 0.000000596. The summed E-state index contributed by atoms with van der Waals surface area (Å²) < 4.78 is 29.6. The molecule has 0 atom stereocenters. The van der Waals surface area contributed by atoms with Gasteiger partial charge in [0.1, 0.15) is 23.0 Å². The Labute approximate surface area is 159 Å². The van der Waals surface area contributed by atoms with Crippen LogP contribution in [0.2, 0.25) is 0 Å². The third kappa shape index (κ3) is 7.80. The summed E-state index contributed by atoms with van der Waals surface area (Å²) in [7, 11) is -3.89. The first-order chi connectivity index (χ1) is 13.0. The number of Topliss-reactive ketones (excluding diaryl/α,β-unsaturated/α-hetero) is 1. The molecule has 0 N–H and O–H groups in total. The molecule has 3 aromatic carbocycles. The minimum atomic E-state index is -3.89. The van der Waals surface area contributed by atoms with E-state index in [0.29, 0.717) is 17.2 Å². The molecule has 0 amide bonds. The SMILES string of the molecule is CC(C)=O.O=P(Oc1ccccc1)(Oc1ccccc1)Oc1ccccc1. The maximum atomic E-state index is 13.1. The van der Waals surface area contributed by atoms with Gasteiger partial charge in [-0.2, -0.15) is 4.57 Å². The van der Waals surface area contributed by atoms with E-state index in [0.717, 1.165) is 0 Å². The van der Waals surface area contributed by atoms with Crippen LogP contribution in [0, 0.1) is 0 Å². The average Bonchev–Trinajstić information content (AvgIpc) is 2.63. The smallest absolute Gasteiger partial charge is 0.386 e. The van der Waals surface area contributed by atoms with E-state index in [2.05, 4.69) is 0 Å². The Kier molecular flexibility index (Phi) is 7.65. The number of hydrogen-bond acceptors (Lipinski definition) is 5. The summed E-state index contributed by atoms with van der Waals surface area (Å²) >= 11 is 0. The minimum absolute atomic E-state index is 0.167. The quantitative estimate of drug-likeness (QED) is 0.493. The van der Waals surface area contributed by atoms with Crippen LogP contribution in [-0.4, -0.2) is 5.78 Å². The van der Waals surface area contributed by atoms with Gasteiger partial charge in [0.15, 0.2) is 0 Å². The van der Waals surface area contributed by atoms with Crippen LogP contribution in [0.15, 0.2) is 91.0 Å². The highest BCUT2D eigenvalue weighted by Crippen LogP contribution is 2.49. The lowest BCUT2D eigenvalue weighted by molar-refractivity contribution is -0.114. The number of carbonyl (C=O) groups excluding carboxylic acids is 1. The summed E-state index contributed by atoms with van der Waals surface area (Å²) in [5.74, 6) is 1.38. The fraction of sp³-hybridized carbons (Fsp3) is 0.0952. The van der Waals surface area contributed by atoms with Crippen LogP contribution >= 0.6 is 7.82 Å². The lowest BCUT2D eigenvalue weighted by atomic mass is 10.3. The van der Waals surface area contributed by atoms with Gasteiger partial charge in [-0.25, -0.2) is 0 Å². The maximum absolute atomic E-state index is 13.1. The van der Waals surface area contributed by atoms with Crippen LogP contribution < -0.4 is 13.6 Å². The summed E-state index contributed by atoms with van der Waals surface area (Å²) in [5.41, 5.74) is 0. The second kappa shape index (κ2) is 10.2. The molecular formula is C21H21O5P. The molecule has 0 fully saturated rings. The molecule has 0 aromatic heterocycles. The van der Waals surface area contributed by atoms with E-state index in [1.165, 1.54) is 13.8 Å². The number of carbonyl (C=O) groups is 1. The van der Waals surface area contributed by atoms with E-state index < -0.39 is 7.82 Å². The zero-order valence-electron chi connectivity index (χ0n) is 15.1. The highest BCUT2D eigenvalue weighted by atomic mass is 31.2. The predicted octanol–water partition coefficient (Wildman–Crippen LogP) is 5.93. The fourth-order valence-electron chi connectivity index (χ4n) is 1.89. The molecule has 0 heterocycles. The van der Waals surface area contributed by atoms with Crippen molar-refractivity contribution in [2.24, 2.45) is 0 Å². The van der Waals surface area contributed by atoms with Crippen LogP contribution in [0.1, 0.15) is 13.8 Å². The Bertz CT molecular complexity index is 755. The van der Waals surface area contributed by atoms with Crippen molar-refractivity contribution in [1.82, 2.24) is 0 Å². The molecule has 27 heavy (non-hydrogen) atoms. The van der Waals surface area contributed by atoms with Gasteiger partial charge in [-0.15, -0.1) is 0 Å². The van der Waals surface area contributed by atoms with E-state index in [1.54, 1.807) is 72.8 Å². The largest absolute Gasteiger partial charge is 0.647 e. The molecule has 0 saturated carbocycles. The first-order valence-electron chi connectivity index (χ1n) is 8.28. The van der Waals surface area contributed by atoms with E-state index in [-0.39, 0.29) is 5.78 Å². The molecule has 0 radical (unpaired) electrons.